The van der Waals surface area contributed by atoms with E-state index in [1.54, 1.807) is 34.2 Å². The minimum Gasteiger partial charge on any atom is -0.443 e. The van der Waals surface area contributed by atoms with E-state index in [4.69, 9.17) is 27.9 Å². The zero-order chi connectivity index (χ0) is 24.2. The second kappa shape index (κ2) is 8.43. The average molecular weight is 501 g/mol. The molecule has 34 heavy (non-hydrogen) atoms. The lowest BCUT2D eigenvalue weighted by molar-refractivity contribution is 0.0588. The predicted octanol–water partition coefficient (Wildman–Crippen LogP) is 6.28. The molecule has 1 amide bonds. The maximum absolute atomic E-state index is 13.4. The standard InChI is InChI=1S/C24H26Cl2N6O2/c1-14-20(22-27-13-29-31(22)16-6-5-7-16)21(15-8-9-17(25)18(26)12-15)32-19(10-11-28-32)30(14)23(33)34-24(2,3)4/h8-13,16,21H,5-7H2,1-4H3/t21-/m1/s1. The number of hydrogen-bond acceptors (Lipinski definition) is 5. The number of carbonyl (C=O) groups is 1. The van der Waals surface area contributed by atoms with Gasteiger partial charge in [-0.2, -0.15) is 10.2 Å². The maximum Gasteiger partial charge on any atom is 0.420 e. The molecule has 0 spiro atoms. The number of fused-ring (bicyclic) bond motifs is 1. The van der Waals surface area contributed by atoms with Gasteiger partial charge in [-0.05, 0) is 64.7 Å². The van der Waals surface area contributed by atoms with Crippen LogP contribution in [0.1, 0.15) is 70.4 Å². The molecule has 10 heteroatoms. The summed E-state index contributed by atoms with van der Waals surface area (Å²) in [6.45, 7) is 7.44. The van der Waals surface area contributed by atoms with Crippen LogP contribution in [0.3, 0.4) is 0 Å². The zero-order valence-electron chi connectivity index (χ0n) is 19.5. The highest BCUT2D eigenvalue weighted by molar-refractivity contribution is 6.42. The smallest absolute Gasteiger partial charge is 0.420 e. The monoisotopic (exact) mass is 500 g/mol. The van der Waals surface area contributed by atoms with Gasteiger partial charge in [0.2, 0.25) is 0 Å². The number of amides is 1. The van der Waals surface area contributed by atoms with E-state index in [2.05, 4.69) is 15.2 Å². The molecule has 1 aromatic carbocycles. The fourth-order valence-corrected chi connectivity index (χ4v) is 4.76. The number of benzene rings is 1. The number of ether oxygens (including phenoxy) is 1. The number of anilines is 1. The molecule has 0 bridgehead atoms. The van der Waals surface area contributed by atoms with E-state index in [9.17, 15) is 4.79 Å². The minimum atomic E-state index is -0.658. The summed E-state index contributed by atoms with van der Waals surface area (Å²) in [7, 11) is 0. The lowest BCUT2D eigenvalue weighted by Crippen LogP contribution is -2.41. The number of allylic oxidation sites excluding steroid dienone is 2. The second-order valence-electron chi connectivity index (χ2n) is 9.64. The molecule has 0 saturated heterocycles. The van der Waals surface area contributed by atoms with Crippen LogP contribution in [-0.4, -0.2) is 36.2 Å². The van der Waals surface area contributed by atoms with Gasteiger partial charge in [0.05, 0.1) is 22.3 Å². The highest BCUT2D eigenvalue weighted by atomic mass is 35.5. The molecule has 0 radical (unpaired) electrons. The van der Waals surface area contributed by atoms with Crippen molar-refractivity contribution in [1.82, 2.24) is 24.5 Å². The van der Waals surface area contributed by atoms with Crippen LogP contribution in [-0.2, 0) is 4.74 Å². The molecule has 2 aromatic heterocycles. The van der Waals surface area contributed by atoms with Crippen LogP contribution < -0.4 is 4.90 Å². The average Bonchev–Trinajstić information content (AvgIpc) is 3.36. The normalized spacial score (nSPS) is 18.6. The van der Waals surface area contributed by atoms with Crippen molar-refractivity contribution in [1.29, 1.82) is 0 Å². The van der Waals surface area contributed by atoms with Crippen molar-refractivity contribution in [2.24, 2.45) is 0 Å². The Morgan fingerprint density at radius 1 is 1.09 bits per heavy atom. The van der Waals surface area contributed by atoms with E-state index in [0.29, 0.717) is 27.4 Å². The molecule has 5 rings (SSSR count). The van der Waals surface area contributed by atoms with Crippen LogP contribution in [0.15, 0.2) is 42.5 Å². The summed E-state index contributed by atoms with van der Waals surface area (Å²) < 4.78 is 9.52. The summed E-state index contributed by atoms with van der Waals surface area (Å²) >= 11 is 12.6. The van der Waals surface area contributed by atoms with E-state index < -0.39 is 11.7 Å². The van der Waals surface area contributed by atoms with Crippen molar-refractivity contribution in [2.75, 3.05) is 4.90 Å². The second-order valence-corrected chi connectivity index (χ2v) is 10.5. The van der Waals surface area contributed by atoms with Crippen LogP contribution in [0.2, 0.25) is 10.0 Å². The Bertz CT molecular complexity index is 1280. The van der Waals surface area contributed by atoms with Crippen molar-refractivity contribution < 1.29 is 9.53 Å². The molecule has 3 aromatic rings. The van der Waals surface area contributed by atoms with Gasteiger partial charge in [-0.3, -0.25) is 0 Å². The summed E-state index contributed by atoms with van der Waals surface area (Å²) in [4.78, 5) is 19.6. The Balaban J connectivity index is 1.73. The Morgan fingerprint density at radius 3 is 2.50 bits per heavy atom. The summed E-state index contributed by atoms with van der Waals surface area (Å²) in [5.74, 6) is 1.30. The van der Waals surface area contributed by atoms with Crippen LogP contribution in [0.25, 0.3) is 5.57 Å². The van der Waals surface area contributed by atoms with E-state index >= 15 is 0 Å². The van der Waals surface area contributed by atoms with E-state index in [0.717, 1.165) is 30.4 Å². The number of nitrogens with zero attached hydrogens (tertiary/aromatic N) is 6. The van der Waals surface area contributed by atoms with Crippen LogP contribution in [0.5, 0.6) is 0 Å². The van der Waals surface area contributed by atoms with E-state index in [-0.39, 0.29) is 12.1 Å². The lowest BCUT2D eigenvalue weighted by Gasteiger charge is -2.37. The van der Waals surface area contributed by atoms with Gasteiger partial charge in [0.25, 0.3) is 0 Å². The Hall–Kier alpha value is -2.84. The van der Waals surface area contributed by atoms with Crippen molar-refractivity contribution in [3.05, 3.63) is 63.9 Å². The molecular formula is C24H26Cl2N6O2. The molecule has 0 N–H and O–H groups in total. The quantitative estimate of drug-likeness (QED) is 0.422. The van der Waals surface area contributed by atoms with Crippen LogP contribution in [0, 0.1) is 0 Å². The first-order valence-corrected chi connectivity index (χ1v) is 12.0. The highest BCUT2D eigenvalue weighted by Crippen LogP contribution is 2.46. The fourth-order valence-electron chi connectivity index (χ4n) is 4.45. The molecule has 1 atom stereocenters. The zero-order valence-corrected chi connectivity index (χ0v) is 21.0. The van der Waals surface area contributed by atoms with Crippen LogP contribution >= 0.6 is 23.2 Å². The van der Waals surface area contributed by atoms with E-state index in [1.807, 2.05) is 44.5 Å². The van der Waals surface area contributed by atoms with E-state index in [1.165, 1.54) is 0 Å². The third-order valence-corrected chi connectivity index (χ3v) is 6.93. The molecule has 1 aliphatic carbocycles. The summed E-state index contributed by atoms with van der Waals surface area (Å²) in [5.41, 5.74) is 1.73. The van der Waals surface area contributed by atoms with Crippen molar-refractivity contribution in [2.45, 2.75) is 64.6 Å². The lowest BCUT2D eigenvalue weighted by atomic mass is 9.91. The molecular weight excluding hydrogens is 475 g/mol. The largest absolute Gasteiger partial charge is 0.443 e. The first-order chi connectivity index (χ1) is 16.2. The van der Waals surface area contributed by atoms with Gasteiger partial charge in [-0.15, -0.1) is 0 Å². The molecule has 3 heterocycles. The highest BCUT2D eigenvalue weighted by Gasteiger charge is 2.40. The predicted molar refractivity (Wildman–Crippen MR) is 131 cm³/mol. The van der Waals surface area contributed by atoms with Crippen molar-refractivity contribution in [3.8, 4) is 0 Å². The topological polar surface area (TPSA) is 78.1 Å². The summed E-state index contributed by atoms with van der Waals surface area (Å²) in [5, 5.41) is 10.1. The number of hydrogen-bond donors (Lipinski definition) is 0. The number of carbonyl (C=O) groups excluding carboxylic acids is 1. The molecule has 1 fully saturated rings. The SMILES string of the molecule is CC1=C(c2ncnn2C2CCC2)[C@@H](c2ccc(Cl)c(Cl)c2)n2nccc2N1C(=O)OC(C)(C)C. The molecule has 0 unspecified atom stereocenters. The Kier molecular flexibility index (Phi) is 5.68. The van der Waals surface area contributed by atoms with Crippen LogP contribution in [0.4, 0.5) is 10.6 Å². The Morgan fingerprint density at radius 2 is 1.85 bits per heavy atom. The first-order valence-electron chi connectivity index (χ1n) is 11.3. The molecule has 8 nitrogen and oxygen atoms in total. The number of rotatable bonds is 3. The van der Waals surface area contributed by atoms with Crippen molar-refractivity contribution in [3.63, 3.8) is 0 Å². The third-order valence-electron chi connectivity index (χ3n) is 6.19. The van der Waals surface area contributed by atoms with Gasteiger partial charge in [-0.25, -0.2) is 24.0 Å². The van der Waals surface area contributed by atoms with Gasteiger partial charge >= 0.3 is 6.09 Å². The van der Waals surface area contributed by atoms with Gasteiger partial charge < -0.3 is 4.74 Å². The first kappa shape index (κ1) is 22.9. The number of halogens is 2. The van der Waals surface area contributed by atoms with Gasteiger partial charge in [0, 0.05) is 17.3 Å². The Labute approximate surface area is 208 Å². The molecule has 1 aliphatic heterocycles. The molecule has 178 valence electrons. The molecule has 2 aliphatic rings. The van der Waals surface area contributed by atoms with Gasteiger partial charge in [0.15, 0.2) is 5.82 Å². The van der Waals surface area contributed by atoms with Gasteiger partial charge in [-0.1, -0.05) is 29.3 Å². The fraction of sp³-hybridized carbons (Fsp3) is 0.417. The summed E-state index contributed by atoms with van der Waals surface area (Å²) in [6.07, 6.45) is 6.00. The van der Waals surface area contributed by atoms with Crippen molar-refractivity contribution >= 4 is 40.7 Å². The minimum absolute atomic E-state index is 0.279. The summed E-state index contributed by atoms with van der Waals surface area (Å²) in [6, 6.07) is 7.21. The van der Waals surface area contributed by atoms with Gasteiger partial charge in [0.1, 0.15) is 23.8 Å². The third kappa shape index (κ3) is 3.88. The maximum atomic E-state index is 13.4. The molecule has 1 saturated carbocycles. The number of aromatic nitrogens is 5.